The van der Waals surface area contributed by atoms with Gasteiger partial charge in [-0.3, -0.25) is 19.3 Å². The molecule has 1 aliphatic rings. The second kappa shape index (κ2) is 8.35. The van der Waals surface area contributed by atoms with Crippen LogP contribution in [0.4, 0.5) is 0 Å². The van der Waals surface area contributed by atoms with E-state index in [4.69, 9.17) is 14.3 Å². The molecule has 0 saturated carbocycles. The average molecular weight is 420 g/mol. The monoisotopic (exact) mass is 420 g/mol. The van der Waals surface area contributed by atoms with Crippen molar-refractivity contribution >= 4 is 11.8 Å². The predicted molar refractivity (Wildman–Crippen MR) is 111 cm³/mol. The van der Waals surface area contributed by atoms with Crippen molar-refractivity contribution in [1.82, 2.24) is 9.63 Å². The minimum atomic E-state index is -0.407. The Morgan fingerprint density at radius 1 is 0.871 bits per heavy atom. The summed E-state index contributed by atoms with van der Waals surface area (Å²) >= 11 is 0. The van der Waals surface area contributed by atoms with Gasteiger partial charge in [0, 0.05) is 6.07 Å². The lowest BCUT2D eigenvalue weighted by Crippen LogP contribution is -2.32. The number of carbonyl (C=O) groups excluding carboxylic acids is 2. The smallest absolute Gasteiger partial charge is 0.261 e. The van der Waals surface area contributed by atoms with Gasteiger partial charge in [0.15, 0.2) is 5.75 Å². The Hall–Kier alpha value is -4.07. The van der Waals surface area contributed by atoms with Gasteiger partial charge in [-0.2, -0.15) is 4.73 Å². The SMILES string of the molecule is COc1ccc(COc2cn(OC)c(CN3C(=O)c4ccccc4C3=O)cc2=O)cc1. The summed E-state index contributed by atoms with van der Waals surface area (Å²) in [7, 11) is 3.01. The first-order chi connectivity index (χ1) is 15.0. The molecule has 2 heterocycles. The first kappa shape index (κ1) is 20.2. The van der Waals surface area contributed by atoms with Crippen molar-refractivity contribution < 1.29 is 23.9 Å². The zero-order valence-electron chi connectivity index (χ0n) is 17.0. The number of imide groups is 1. The van der Waals surface area contributed by atoms with E-state index in [1.807, 2.05) is 12.1 Å². The highest BCUT2D eigenvalue weighted by Gasteiger charge is 2.35. The van der Waals surface area contributed by atoms with E-state index in [-0.39, 0.29) is 24.3 Å². The molecule has 0 spiro atoms. The molecule has 0 N–H and O–H groups in total. The van der Waals surface area contributed by atoms with Gasteiger partial charge in [0.1, 0.15) is 19.5 Å². The van der Waals surface area contributed by atoms with Crippen molar-refractivity contribution in [2.75, 3.05) is 14.2 Å². The number of pyridine rings is 1. The van der Waals surface area contributed by atoms with E-state index < -0.39 is 11.8 Å². The number of benzene rings is 2. The van der Waals surface area contributed by atoms with E-state index in [9.17, 15) is 14.4 Å². The first-order valence-corrected chi connectivity index (χ1v) is 9.53. The molecule has 31 heavy (non-hydrogen) atoms. The molecule has 0 fully saturated rings. The average Bonchev–Trinajstić information content (AvgIpc) is 3.04. The normalized spacial score (nSPS) is 12.6. The number of hydrogen-bond donors (Lipinski definition) is 0. The lowest BCUT2D eigenvalue weighted by atomic mass is 10.1. The third-order valence-corrected chi connectivity index (χ3v) is 5.01. The predicted octanol–water partition coefficient (Wildman–Crippen LogP) is 2.29. The van der Waals surface area contributed by atoms with Gasteiger partial charge in [-0.15, -0.1) is 0 Å². The zero-order valence-corrected chi connectivity index (χ0v) is 17.0. The molecule has 158 valence electrons. The molecule has 2 aromatic carbocycles. The second-order valence-corrected chi connectivity index (χ2v) is 6.88. The molecule has 1 aliphatic heterocycles. The lowest BCUT2D eigenvalue weighted by Gasteiger charge is -2.18. The van der Waals surface area contributed by atoms with Crippen LogP contribution >= 0.6 is 0 Å². The topological polar surface area (TPSA) is 87.1 Å². The summed E-state index contributed by atoms with van der Waals surface area (Å²) in [5.41, 5.74) is 1.52. The molecule has 8 nitrogen and oxygen atoms in total. The fourth-order valence-electron chi connectivity index (χ4n) is 3.36. The van der Waals surface area contributed by atoms with E-state index in [1.54, 1.807) is 43.5 Å². The van der Waals surface area contributed by atoms with E-state index in [0.717, 1.165) is 16.2 Å². The van der Waals surface area contributed by atoms with E-state index in [1.165, 1.54) is 24.1 Å². The summed E-state index contributed by atoms with van der Waals surface area (Å²) in [5, 5.41) is 0. The number of methoxy groups -OCH3 is 1. The highest BCUT2D eigenvalue weighted by atomic mass is 16.6. The van der Waals surface area contributed by atoms with Gasteiger partial charge < -0.3 is 14.3 Å². The fourth-order valence-corrected chi connectivity index (χ4v) is 3.36. The summed E-state index contributed by atoms with van der Waals surface area (Å²) in [6.07, 6.45) is 1.40. The summed E-state index contributed by atoms with van der Waals surface area (Å²) in [6, 6.07) is 15.2. The van der Waals surface area contributed by atoms with Gasteiger partial charge in [0.2, 0.25) is 5.43 Å². The molecule has 0 bridgehead atoms. The molecule has 0 atom stereocenters. The van der Waals surface area contributed by atoms with Gasteiger partial charge in [-0.1, -0.05) is 24.3 Å². The summed E-state index contributed by atoms with van der Waals surface area (Å²) in [6.45, 7) is 0.0783. The van der Waals surface area contributed by atoms with Crippen LogP contribution in [0.15, 0.2) is 65.6 Å². The maximum absolute atomic E-state index is 12.6. The maximum Gasteiger partial charge on any atom is 0.261 e. The van der Waals surface area contributed by atoms with Gasteiger partial charge >= 0.3 is 0 Å². The highest BCUT2D eigenvalue weighted by molar-refractivity contribution is 6.21. The van der Waals surface area contributed by atoms with E-state index >= 15 is 0 Å². The van der Waals surface area contributed by atoms with E-state index in [0.29, 0.717) is 16.8 Å². The number of ether oxygens (including phenoxy) is 2. The van der Waals surface area contributed by atoms with Crippen LogP contribution in [0.25, 0.3) is 0 Å². The molecule has 1 aromatic heterocycles. The van der Waals surface area contributed by atoms with Crippen LogP contribution < -0.4 is 19.7 Å². The molecule has 0 saturated heterocycles. The molecule has 8 heteroatoms. The van der Waals surface area contributed by atoms with E-state index in [2.05, 4.69) is 0 Å². The van der Waals surface area contributed by atoms with Crippen LogP contribution in [0.2, 0.25) is 0 Å². The van der Waals surface area contributed by atoms with Crippen molar-refractivity contribution in [1.29, 1.82) is 0 Å². The Bertz CT molecular complexity index is 1160. The number of nitrogens with zero attached hydrogens (tertiary/aromatic N) is 2. The summed E-state index contributed by atoms with van der Waals surface area (Å²) in [5.74, 6) is -0.00199. The van der Waals surface area contributed by atoms with Gasteiger partial charge in [0.25, 0.3) is 11.8 Å². The summed E-state index contributed by atoms with van der Waals surface area (Å²) < 4.78 is 12.1. The quantitative estimate of drug-likeness (QED) is 0.545. The third-order valence-electron chi connectivity index (χ3n) is 5.01. The fraction of sp³-hybridized carbons (Fsp3) is 0.174. The highest BCUT2D eigenvalue weighted by Crippen LogP contribution is 2.24. The number of aromatic nitrogens is 1. The molecular formula is C23H20N2O6. The van der Waals surface area contributed by atoms with Crippen LogP contribution in [-0.4, -0.2) is 35.7 Å². The van der Waals surface area contributed by atoms with Crippen LogP contribution in [0, 0.1) is 0 Å². The Morgan fingerprint density at radius 3 is 2.10 bits per heavy atom. The molecule has 0 aliphatic carbocycles. The number of fused-ring (bicyclic) bond motifs is 1. The minimum absolute atomic E-state index is 0.0868. The van der Waals surface area contributed by atoms with Crippen molar-refractivity contribution in [2.45, 2.75) is 13.2 Å². The number of rotatable bonds is 7. The Balaban J connectivity index is 1.53. The first-order valence-electron chi connectivity index (χ1n) is 9.53. The van der Waals surface area contributed by atoms with Crippen molar-refractivity contribution in [2.24, 2.45) is 0 Å². The molecule has 2 amide bonds. The molecule has 3 aromatic rings. The number of amides is 2. The van der Waals surface area contributed by atoms with Crippen molar-refractivity contribution in [3.05, 3.63) is 93.4 Å². The number of carbonyl (C=O) groups is 2. The zero-order chi connectivity index (χ0) is 22.0. The van der Waals surface area contributed by atoms with Crippen LogP contribution in [0.3, 0.4) is 0 Å². The molecule has 4 rings (SSSR count). The molecular weight excluding hydrogens is 400 g/mol. The van der Waals surface area contributed by atoms with Gasteiger partial charge in [-0.05, 0) is 29.8 Å². The van der Waals surface area contributed by atoms with Gasteiger partial charge in [0.05, 0.1) is 36.7 Å². The standard InChI is InChI=1S/C23H20N2O6/c1-29-17-9-7-15(8-10-17)14-31-21-13-25(30-2)16(11-20(21)26)12-24-22(27)18-5-3-4-6-19(18)23(24)28/h3-11,13H,12,14H2,1-2H3. The van der Waals surface area contributed by atoms with Crippen LogP contribution in [0.5, 0.6) is 11.5 Å². The second-order valence-electron chi connectivity index (χ2n) is 6.88. The van der Waals surface area contributed by atoms with Crippen molar-refractivity contribution in [3.8, 4) is 11.5 Å². The van der Waals surface area contributed by atoms with Crippen LogP contribution in [-0.2, 0) is 13.2 Å². The third kappa shape index (κ3) is 3.87. The minimum Gasteiger partial charge on any atom is -0.497 e. The van der Waals surface area contributed by atoms with Gasteiger partial charge in [-0.25, -0.2) is 0 Å². The Labute approximate surface area is 178 Å². The van der Waals surface area contributed by atoms with Crippen molar-refractivity contribution in [3.63, 3.8) is 0 Å². The Kier molecular flexibility index (Phi) is 5.44. The maximum atomic E-state index is 12.6. The largest absolute Gasteiger partial charge is 0.497 e. The summed E-state index contributed by atoms with van der Waals surface area (Å²) in [4.78, 5) is 44.2. The molecule has 0 radical (unpaired) electrons. The lowest BCUT2D eigenvalue weighted by molar-refractivity contribution is 0.0622. The Morgan fingerprint density at radius 2 is 1.52 bits per heavy atom. The molecule has 0 unspecified atom stereocenters. The number of hydrogen-bond acceptors (Lipinski definition) is 6. The van der Waals surface area contributed by atoms with Crippen LogP contribution in [0.1, 0.15) is 32.0 Å².